The minimum atomic E-state index is -0.389. The molecule has 3 heteroatoms. The first-order chi connectivity index (χ1) is 8.16. The van der Waals surface area contributed by atoms with Crippen molar-refractivity contribution in [3.05, 3.63) is 59.4 Å². The molecule has 2 aromatic carbocycles. The number of anilines is 2. The highest BCUT2D eigenvalue weighted by Gasteiger charge is 2.01. The minimum Gasteiger partial charge on any atom is -0.396 e. The lowest BCUT2D eigenvalue weighted by atomic mass is 10.1. The zero-order valence-electron chi connectivity index (χ0n) is 9.70. The second-order valence-corrected chi connectivity index (χ2v) is 4.02. The Labute approximate surface area is 100 Å². The van der Waals surface area contributed by atoms with Gasteiger partial charge in [0.25, 0.3) is 0 Å². The molecule has 0 unspecified atom stereocenters. The summed E-state index contributed by atoms with van der Waals surface area (Å²) in [4.78, 5) is 0. The summed E-state index contributed by atoms with van der Waals surface area (Å²) >= 11 is 0. The second-order valence-electron chi connectivity index (χ2n) is 4.02. The molecule has 0 amide bonds. The van der Waals surface area contributed by atoms with Gasteiger partial charge in [-0.3, -0.25) is 0 Å². The molecular weight excluding hydrogens is 215 g/mol. The monoisotopic (exact) mass is 230 g/mol. The maximum absolute atomic E-state index is 13.2. The highest BCUT2D eigenvalue weighted by molar-refractivity contribution is 5.52. The van der Waals surface area contributed by atoms with E-state index in [0.717, 1.165) is 5.69 Å². The van der Waals surface area contributed by atoms with Gasteiger partial charge in [0.2, 0.25) is 0 Å². The highest BCUT2D eigenvalue weighted by atomic mass is 19.1. The van der Waals surface area contributed by atoms with E-state index in [2.05, 4.69) is 24.4 Å². The van der Waals surface area contributed by atoms with E-state index in [9.17, 15) is 4.39 Å². The summed E-state index contributed by atoms with van der Waals surface area (Å²) in [5.74, 6) is -0.389. The molecular formula is C14H15FN2. The molecule has 0 aliphatic rings. The van der Waals surface area contributed by atoms with E-state index in [-0.39, 0.29) is 11.5 Å². The summed E-state index contributed by atoms with van der Waals surface area (Å²) in [7, 11) is 0. The number of nitrogen functional groups attached to an aromatic ring is 1. The van der Waals surface area contributed by atoms with Gasteiger partial charge in [0.1, 0.15) is 5.82 Å². The van der Waals surface area contributed by atoms with E-state index >= 15 is 0 Å². The van der Waals surface area contributed by atoms with Crippen LogP contribution in [0.15, 0.2) is 42.5 Å². The van der Waals surface area contributed by atoms with Crippen LogP contribution in [0.25, 0.3) is 0 Å². The third-order valence-electron chi connectivity index (χ3n) is 2.74. The molecule has 0 saturated heterocycles. The standard InChI is InChI=1S/C14H15FN2/c1-10-4-2-3-5-11(10)9-17-12-6-7-14(16)13(15)8-12/h2-8,17H,9,16H2,1H3. The largest absolute Gasteiger partial charge is 0.396 e. The normalized spacial score (nSPS) is 10.2. The maximum Gasteiger partial charge on any atom is 0.148 e. The molecule has 2 nitrogen and oxygen atoms in total. The van der Waals surface area contributed by atoms with Crippen molar-refractivity contribution in [3.8, 4) is 0 Å². The molecule has 0 saturated carbocycles. The number of nitrogens with two attached hydrogens (primary N) is 1. The van der Waals surface area contributed by atoms with E-state index in [1.54, 1.807) is 12.1 Å². The number of halogens is 1. The Bertz CT molecular complexity index is 523. The number of hydrogen-bond acceptors (Lipinski definition) is 2. The Kier molecular flexibility index (Phi) is 3.28. The number of rotatable bonds is 3. The van der Waals surface area contributed by atoms with E-state index in [1.165, 1.54) is 17.2 Å². The molecule has 0 bridgehead atoms. The van der Waals surface area contributed by atoms with Gasteiger partial charge in [0, 0.05) is 12.2 Å². The van der Waals surface area contributed by atoms with Crippen LogP contribution in [0.1, 0.15) is 11.1 Å². The van der Waals surface area contributed by atoms with Crippen LogP contribution in [0, 0.1) is 12.7 Å². The number of nitrogens with one attached hydrogen (secondary N) is 1. The number of benzene rings is 2. The van der Waals surface area contributed by atoms with Crippen LogP contribution < -0.4 is 11.1 Å². The fourth-order valence-corrected chi connectivity index (χ4v) is 1.64. The van der Waals surface area contributed by atoms with Gasteiger partial charge in [0.15, 0.2) is 0 Å². The predicted octanol–water partition coefficient (Wildman–Crippen LogP) is 3.33. The average Bonchev–Trinajstić information content (AvgIpc) is 2.32. The molecule has 0 heterocycles. The first-order valence-corrected chi connectivity index (χ1v) is 5.50. The van der Waals surface area contributed by atoms with Gasteiger partial charge in [-0.1, -0.05) is 24.3 Å². The lowest BCUT2D eigenvalue weighted by molar-refractivity contribution is 0.633. The summed E-state index contributed by atoms with van der Waals surface area (Å²) in [6, 6.07) is 12.9. The smallest absolute Gasteiger partial charge is 0.148 e. The maximum atomic E-state index is 13.2. The molecule has 3 N–H and O–H groups in total. The minimum absolute atomic E-state index is 0.173. The fraction of sp³-hybridized carbons (Fsp3) is 0.143. The Balaban J connectivity index is 2.08. The van der Waals surface area contributed by atoms with Crippen molar-refractivity contribution in [3.63, 3.8) is 0 Å². The van der Waals surface area contributed by atoms with Crippen molar-refractivity contribution in [2.24, 2.45) is 0 Å². The van der Waals surface area contributed by atoms with Gasteiger partial charge in [-0.15, -0.1) is 0 Å². The number of hydrogen-bond donors (Lipinski definition) is 2. The average molecular weight is 230 g/mol. The van der Waals surface area contributed by atoms with E-state index in [1.807, 2.05) is 12.1 Å². The molecule has 88 valence electrons. The van der Waals surface area contributed by atoms with E-state index in [4.69, 9.17) is 5.73 Å². The van der Waals surface area contributed by atoms with Crippen molar-refractivity contribution < 1.29 is 4.39 Å². The quantitative estimate of drug-likeness (QED) is 0.794. The second kappa shape index (κ2) is 4.87. The predicted molar refractivity (Wildman–Crippen MR) is 69.3 cm³/mol. The number of aryl methyl sites for hydroxylation is 1. The Morgan fingerprint density at radius 3 is 2.65 bits per heavy atom. The van der Waals surface area contributed by atoms with Gasteiger partial charge in [-0.2, -0.15) is 0 Å². The highest BCUT2D eigenvalue weighted by Crippen LogP contribution is 2.17. The molecule has 0 radical (unpaired) electrons. The third-order valence-corrected chi connectivity index (χ3v) is 2.74. The van der Waals surface area contributed by atoms with Crippen LogP contribution in [0.3, 0.4) is 0 Å². The van der Waals surface area contributed by atoms with Gasteiger partial charge in [-0.05, 0) is 36.2 Å². The lowest BCUT2D eigenvalue weighted by Crippen LogP contribution is -2.02. The van der Waals surface area contributed by atoms with Crippen molar-refractivity contribution >= 4 is 11.4 Å². The fourth-order valence-electron chi connectivity index (χ4n) is 1.64. The van der Waals surface area contributed by atoms with Crippen LogP contribution in [0.4, 0.5) is 15.8 Å². The summed E-state index contributed by atoms with van der Waals surface area (Å²) in [6.45, 7) is 2.73. The van der Waals surface area contributed by atoms with Crippen molar-refractivity contribution in [1.82, 2.24) is 0 Å². The van der Waals surface area contributed by atoms with Gasteiger partial charge in [-0.25, -0.2) is 4.39 Å². The molecule has 0 aliphatic heterocycles. The van der Waals surface area contributed by atoms with Crippen molar-refractivity contribution in [2.75, 3.05) is 11.1 Å². The first kappa shape index (κ1) is 11.5. The molecule has 2 rings (SSSR count). The van der Waals surface area contributed by atoms with Gasteiger partial charge >= 0.3 is 0 Å². The lowest BCUT2D eigenvalue weighted by Gasteiger charge is -2.09. The summed E-state index contributed by atoms with van der Waals surface area (Å²) < 4.78 is 13.2. The Hall–Kier alpha value is -2.03. The summed E-state index contributed by atoms with van der Waals surface area (Å²) in [6.07, 6.45) is 0. The SMILES string of the molecule is Cc1ccccc1CNc1ccc(N)c(F)c1. The zero-order valence-corrected chi connectivity index (χ0v) is 9.70. The van der Waals surface area contributed by atoms with Crippen LogP contribution >= 0.6 is 0 Å². The van der Waals surface area contributed by atoms with Crippen LogP contribution in [0.2, 0.25) is 0 Å². The molecule has 17 heavy (non-hydrogen) atoms. The van der Waals surface area contributed by atoms with Crippen LogP contribution in [0.5, 0.6) is 0 Å². The Morgan fingerprint density at radius 1 is 1.18 bits per heavy atom. The van der Waals surface area contributed by atoms with Crippen molar-refractivity contribution in [2.45, 2.75) is 13.5 Å². The van der Waals surface area contributed by atoms with Gasteiger partial charge in [0.05, 0.1) is 5.69 Å². The van der Waals surface area contributed by atoms with Crippen LogP contribution in [-0.2, 0) is 6.54 Å². The molecule has 0 spiro atoms. The van der Waals surface area contributed by atoms with E-state index in [0.29, 0.717) is 6.54 Å². The molecule has 0 aromatic heterocycles. The van der Waals surface area contributed by atoms with Gasteiger partial charge < -0.3 is 11.1 Å². The molecule has 0 fully saturated rings. The topological polar surface area (TPSA) is 38.0 Å². The Morgan fingerprint density at radius 2 is 1.94 bits per heavy atom. The molecule has 0 aliphatic carbocycles. The summed E-state index contributed by atoms with van der Waals surface area (Å²) in [5, 5.41) is 3.17. The third kappa shape index (κ3) is 2.75. The molecule has 2 aromatic rings. The van der Waals surface area contributed by atoms with Crippen LogP contribution in [-0.4, -0.2) is 0 Å². The molecule has 0 atom stereocenters. The summed E-state index contributed by atoms with van der Waals surface area (Å²) in [5.41, 5.74) is 8.74. The zero-order chi connectivity index (χ0) is 12.3. The first-order valence-electron chi connectivity index (χ1n) is 5.50. The van der Waals surface area contributed by atoms with E-state index < -0.39 is 0 Å². The van der Waals surface area contributed by atoms with Crippen molar-refractivity contribution in [1.29, 1.82) is 0 Å².